The van der Waals surface area contributed by atoms with Crippen molar-refractivity contribution in [1.82, 2.24) is 30.9 Å². The molecule has 2 aromatic carbocycles. The topological polar surface area (TPSA) is 152 Å². The smallest absolute Gasteiger partial charge is 0.238 e. The van der Waals surface area contributed by atoms with Gasteiger partial charge in [-0.05, 0) is 23.6 Å². The van der Waals surface area contributed by atoms with Gasteiger partial charge < -0.3 is 10.6 Å². The molecule has 0 spiro atoms. The first-order valence-electron chi connectivity index (χ1n) is 13.0. The number of ketones is 1. The van der Waals surface area contributed by atoms with Gasteiger partial charge in [-0.3, -0.25) is 29.3 Å². The van der Waals surface area contributed by atoms with E-state index < -0.39 is 47.4 Å². The van der Waals surface area contributed by atoms with Crippen LogP contribution in [0, 0.1) is 17.8 Å². The zero-order chi connectivity index (χ0) is 28.1. The summed E-state index contributed by atoms with van der Waals surface area (Å²) in [6.07, 6.45) is -0.00201. The number of nitrogens with zero attached hydrogens (tertiary/aromatic N) is 3. The lowest BCUT2D eigenvalue weighted by molar-refractivity contribution is -0.137. The predicted molar refractivity (Wildman–Crippen MR) is 142 cm³/mol. The number of carbonyl (C=O) groups excluding carboxylic acids is 5. The number of nitrogens with one attached hydrogen (secondary N) is 3. The summed E-state index contributed by atoms with van der Waals surface area (Å²) in [6, 6.07) is 14.9. The molecule has 0 unspecified atom stereocenters. The highest BCUT2D eigenvalue weighted by Gasteiger charge is 2.46. The minimum absolute atomic E-state index is 0.119. The molecule has 3 N–H and O–H groups in total. The van der Waals surface area contributed by atoms with E-state index in [2.05, 4.69) is 26.3 Å². The summed E-state index contributed by atoms with van der Waals surface area (Å²) in [5.74, 6) is -4.67. The Kier molecular flexibility index (Phi) is 8.48. The zero-order valence-electron chi connectivity index (χ0n) is 22.1. The minimum atomic E-state index is -1.15. The number of Topliss-reactive ketones (excluding diaryl/α,β-unsaturated/α-hetero) is 1. The molecule has 4 atom stereocenters. The van der Waals surface area contributed by atoms with Crippen LogP contribution < -0.4 is 16.0 Å². The van der Waals surface area contributed by atoms with Crippen LogP contribution in [0.25, 0.3) is 11.0 Å². The van der Waals surface area contributed by atoms with Crippen molar-refractivity contribution in [1.29, 1.82) is 0 Å². The largest absolute Gasteiger partial charge is 0.349 e. The second-order valence-corrected chi connectivity index (χ2v) is 10.1. The van der Waals surface area contributed by atoms with E-state index in [1.54, 1.807) is 18.5 Å². The zero-order valence-corrected chi connectivity index (χ0v) is 22.1. The number of para-hydroxylation sites is 1. The van der Waals surface area contributed by atoms with Crippen LogP contribution in [-0.2, 0) is 30.5 Å². The SMILES string of the molecule is CC(C)[C@@H](NC(=O)C[C@H](NC(=O)CCn1nnc2ccccc21)c1ccccc1)C(=O)[C@@H]1C(=O)NC(=O)[C@@H]1C. The second-order valence-electron chi connectivity index (χ2n) is 10.1. The molecule has 3 aromatic rings. The van der Waals surface area contributed by atoms with Crippen LogP contribution in [-0.4, -0.2) is 50.4 Å². The van der Waals surface area contributed by atoms with Gasteiger partial charge in [0.25, 0.3) is 0 Å². The van der Waals surface area contributed by atoms with Gasteiger partial charge in [-0.15, -0.1) is 5.10 Å². The number of aryl methyl sites for hydroxylation is 1. The van der Waals surface area contributed by atoms with Crippen LogP contribution in [0.15, 0.2) is 54.6 Å². The number of hydrogen-bond acceptors (Lipinski definition) is 7. The van der Waals surface area contributed by atoms with Crippen LogP contribution >= 0.6 is 0 Å². The van der Waals surface area contributed by atoms with Crippen molar-refractivity contribution >= 4 is 40.4 Å². The number of rotatable bonds is 11. The van der Waals surface area contributed by atoms with Crippen LogP contribution in [0.1, 0.15) is 45.2 Å². The lowest BCUT2D eigenvalue weighted by Gasteiger charge is -2.26. The van der Waals surface area contributed by atoms with Gasteiger partial charge in [0.2, 0.25) is 23.6 Å². The number of imide groups is 1. The van der Waals surface area contributed by atoms with Gasteiger partial charge in [-0.25, -0.2) is 4.68 Å². The molecule has 0 aliphatic carbocycles. The van der Waals surface area contributed by atoms with E-state index in [1.165, 1.54) is 6.92 Å². The first-order valence-corrected chi connectivity index (χ1v) is 13.0. The molecule has 1 aliphatic heterocycles. The van der Waals surface area contributed by atoms with E-state index in [9.17, 15) is 24.0 Å². The van der Waals surface area contributed by atoms with Gasteiger partial charge in [-0.1, -0.05) is 68.4 Å². The third-order valence-electron chi connectivity index (χ3n) is 6.94. The monoisotopic (exact) mass is 532 g/mol. The van der Waals surface area contributed by atoms with Gasteiger partial charge in [0.15, 0.2) is 5.78 Å². The Balaban J connectivity index is 1.43. The average molecular weight is 533 g/mol. The number of hydrogen-bond donors (Lipinski definition) is 3. The molecule has 0 bridgehead atoms. The minimum Gasteiger partial charge on any atom is -0.349 e. The number of fused-ring (bicyclic) bond motifs is 1. The highest BCUT2D eigenvalue weighted by atomic mass is 16.2. The Morgan fingerprint density at radius 1 is 0.949 bits per heavy atom. The van der Waals surface area contributed by atoms with E-state index >= 15 is 0 Å². The van der Waals surface area contributed by atoms with Crippen molar-refractivity contribution < 1.29 is 24.0 Å². The molecule has 1 fully saturated rings. The Bertz CT molecular complexity index is 1390. The number of aromatic nitrogens is 3. The molecule has 1 aliphatic rings. The van der Waals surface area contributed by atoms with Crippen molar-refractivity contribution in [3.63, 3.8) is 0 Å². The lowest BCUT2D eigenvalue weighted by Crippen LogP contribution is -2.49. The first kappa shape index (κ1) is 27.6. The molecule has 39 heavy (non-hydrogen) atoms. The maximum atomic E-state index is 13.2. The summed E-state index contributed by atoms with van der Waals surface area (Å²) in [5.41, 5.74) is 2.29. The number of carbonyl (C=O) groups is 5. The van der Waals surface area contributed by atoms with E-state index in [1.807, 2.05) is 54.6 Å². The first-order chi connectivity index (χ1) is 18.7. The summed E-state index contributed by atoms with van der Waals surface area (Å²) in [6.45, 7) is 5.34. The third kappa shape index (κ3) is 6.36. The maximum absolute atomic E-state index is 13.2. The quantitative estimate of drug-likeness (QED) is 0.251. The summed E-state index contributed by atoms with van der Waals surface area (Å²) in [4.78, 5) is 63.4. The van der Waals surface area contributed by atoms with Gasteiger partial charge in [0.1, 0.15) is 11.4 Å². The standard InChI is InChI=1S/C28H32N6O5/c1-16(2)25(26(37)24-17(3)27(38)31-28(24)39)30-23(36)15-20(18-9-5-4-6-10-18)29-22(35)13-14-34-21-12-8-7-11-19(21)32-33-34/h4-12,16-17,20,24-25H,13-15H2,1-3H3,(H,29,35)(H,30,36)(H,31,38,39)/t17-,20+,24-,25-/m1/s1. The summed E-state index contributed by atoms with van der Waals surface area (Å²) in [5, 5.41) is 16.1. The molecule has 11 heteroatoms. The van der Waals surface area contributed by atoms with Crippen LogP contribution in [0.4, 0.5) is 0 Å². The number of benzene rings is 2. The van der Waals surface area contributed by atoms with Gasteiger partial charge in [-0.2, -0.15) is 0 Å². The molecule has 11 nitrogen and oxygen atoms in total. The molecule has 1 saturated heterocycles. The predicted octanol–water partition coefficient (Wildman–Crippen LogP) is 1.69. The van der Waals surface area contributed by atoms with Crippen molar-refractivity contribution in [3.8, 4) is 0 Å². The fourth-order valence-corrected chi connectivity index (χ4v) is 4.74. The molecule has 4 amide bonds. The Labute approximate surface area is 225 Å². The van der Waals surface area contributed by atoms with Gasteiger partial charge >= 0.3 is 0 Å². The molecule has 204 valence electrons. The second kappa shape index (κ2) is 12.0. The third-order valence-corrected chi connectivity index (χ3v) is 6.94. The molecule has 1 aromatic heterocycles. The van der Waals surface area contributed by atoms with Gasteiger partial charge in [0.05, 0.1) is 36.5 Å². The summed E-state index contributed by atoms with van der Waals surface area (Å²) >= 11 is 0. The van der Waals surface area contributed by atoms with Crippen LogP contribution in [0.3, 0.4) is 0 Å². The highest BCUT2D eigenvalue weighted by molar-refractivity contribution is 6.16. The van der Waals surface area contributed by atoms with Crippen molar-refractivity contribution in [3.05, 3.63) is 60.2 Å². The van der Waals surface area contributed by atoms with Gasteiger partial charge in [0, 0.05) is 6.42 Å². The van der Waals surface area contributed by atoms with E-state index in [0.29, 0.717) is 6.54 Å². The maximum Gasteiger partial charge on any atom is 0.238 e. The van der Waals surface area contributed by atoms with Crippen LogP contribution in [0.2, 0.25) is 0 Å². The fraction of sp³-hybridized carbons (Fsp3) is 0.393. The lowest BCUT2D eigenvalue weighted by atomic mass is 9.85. The Morgan fingerprint density at radius 2 is 1.64 bits per heavy atom. The van der Waals surface area contributed by atoms with Crippen molar-refractivity contribution in [2.75, 3.05) is 0 Å². The Hall–Kier alpha value is -4.41. The molecule has 2 heterocycles. The Morgan fingerprint density at radius 3 is 2.31 bits per heavy atom. The van der Waals surface area contributed by atoms with Crippen LogP contribution in [0.5, 0.6) is 0 Å². The normalized spacial score (nSPS) is 18.6. The van der Waals surface area contributed by atoms with E-state index in [0.717, 1.165) is 16.6 Å². The fourth-order valence-electron chi connectivity index (χ4n) is 4.74. The molecule has 0 saturated carbocycles. The summed E-state index contributed by atoms with van der Waals surface area (Å²) in [7, 11) is 0. The molecule has 4 rings (SSSR count). The average Bonchev–Trinajstić information content (AvgIpc) is 3.44. The molecular weight excluding hydrogens is 500 g/mol. The molecular formula is C28H32N6O5. The van der Waals surface area contributed by atoms with Crippen molar-refractivity contribution in [2.45, 2.75) is 52.2 Å². The van der Waals surface area contributed by atoms with E-state index in [4.69, 9.17) is 0 Å². The van der Waals surface area contributed by atoms with E-state index in [-0.39, 0.29) is 24.7 Å². The highest BCUT2D eigenvalue weighted by Crippen LogP contribution is 2.24. The number of amides is 4. The molecule has 0 radical (unpaired) electrons. The summed E-state index contributed by atoms with van der Waals surface area (Å²) < 4.78 is 1.66. The van der Waals surface area contributed by atoms with Crippen molar-refractivity contribution in [2.24, 2.45) is 17.8 Å².